The second-order valence-corrected chi connectivity index (χ2v) is 5.53. The molecule has 0 aromatic heterocycles. The molecule has 2 N–H and O–H groups in total. The molecule has 0 radical (unpaired) electrons. The molecule has 0 aliphatic rings. The highest BCUT2D eigenvalue weighted by molar-refractivity contribution is 7.94. The summed E-state index contributed by atoms with van der Waals surface area (Å²) in [6.07, 6.45) is 0. The number of rotatable bonds is 4. The van der Waals surface area contributed by atoms with Crippen molar-refractivity contribution in [3.63, 3.8) is 0 Å². The zero-order valence-electron chi connectivity index (χ0n) is 9.90. The molecular weight excluding hydrogens is 258 g/mol. The minimum atomic E-state index is -3.70. The van der Waals surface area contributed by atoms with Gasteiger partial charge in [0.15, 0.2) is 0 Å². The molecule has 0 heterocycles. The molecule has 18 heavy (non-hydrogen) atoms. The number of non-ortho nitro benzene ring substituents is 1. The van der Waals surface area contributed by atoms with Crippen molar-refractivity contribution < 1.29 is 13.3 Å². The molecule has 0 aliphatic carbocycles. The summed E-state index contributed by atoms with van der Waals surface area (Å²) in [5, 5.41) is 11.4. The second-order valence-electron chi connectivity index (χ2n) is 3.73. The molecule has 0 spiro atoms. The van der Waals surface area contributed by atoms with E-state index < -0.39 is 14.8 Å². The van der Waals surface area contributed by atoms with Crippen LogP contribution in [0.3, 0.4) is 0 Å². The van der Waals surface area contributed by atoms with Gasteiger partial charge >= 0.3 is 0 Å². The molecule has 1 rings (SSSR count). The molecule has 0 saturated carbocycles. The Morgan fingerprint density at radius 3 is 2.22 bits per heavy atom. The average molecular weight is 271 g/mol. The minimum absolute atomic E-state index is 0.0436. The van der Waals surface area contributed by atoms with E-state index in [0.29, 0.717) is 0 Å². The number of nitrogens with zero attached hydrogens (tertiary/aromatic N) is 2. The zero-order valence-corrected chi connectivity index (χ0v) is 10.7. The largest absolute Gasteiger partial charge is 0.385 e. The van der Waals surface area contributed by atoms with Crippen LogP contribution < -0.4 is 5.73 Å². The zero-order chi connectivity index (χ0) is 13.9. The Morgan fingerprint density at radius 2 is 1.83 bits per heavy atom. The SMILES string of the molecule is CN(C)C(N)=CS(=O)(=O)c1ccc([N+](=O)[O-])cc1. The van der Waals surface area contributed by atoms with Crippen molar-refractivity contribution >= 4 is 15.5 Å². The van der Waals surface area contributed by atoms with Crippen LogP contribution in [0, 0.1) is 10.1 Å². The van der Waals surface area contributed by atoms with Gasteiger partial charge < -0.3 is 10.6 Å². The Morgan fingerprint density at radius 1 is 1.33 bits per heavy atom. The monoisotopic (exact) mass is 271 g/mol. The van der Waals surface area contributed by atoms with Crippen molar-refractivity contribution in [2.75, 3.05) is 14.1 Å². The van der Waals surface area contributed by atoms with Crippen molar-refractivity contribution in [2.45, 2.75) is 4.90 Å². The van der Waals surface area contributed by atoms with Gasteiger partial charge in [0.1, 0.15) is 5.82 Å². The number of nitrogens with two attached hydrogens (primary N) is 1. The van der Waals surface area contributed by atoms with Gasteiger partial charge in [0.25, 0.3) is 5.69 Å². The fourth-order valence-electron chi connectivity index (χ4n) is 1.09. The Kier molecular flexibility index (Phi) is 3.92. The lowest BCUT2D eigenvalue weighted by Gasteiger charge is -2.11. The summed E-state index contributed by atoms with van der Waals surface area (Å²) < 4.78 is 23.8. The standard InChI is InChI=1S/C10H13N3O4S/c1-12(2)10(11)7-18(16,17)9-5-3-8(4-6-9)13(14)15/h3-7H,11H2,1-2H3. The fourth-order valence-corrected chi connectivity index (χ4v) is 2.27. The van der Waals surface area contributed by atoms with E-state index in [1.807, 2.05) is 0 Å². The van der Waals surface area contributed by atoms with Crippen molar-refractivity contribution in [2.24, 2.45) is 5.73 Å². The van der Waals surface area contributed by atoms with Crippen molar-refractivity contribution in [3.8, 4) is 0 Å². The fraction of sp³-hybridized carbons (Fsp3) is 0.200. The Labute approximate surface area is 105 Å². The van der Waals surface area contributed by atoms with E-state index >= 15 is 0 Å². The molecule has 0 amide bonds. The maximum absolute atomic E-state index is 11.9. The lowest BCUT2D eigenvalue weighted by Crippen LogP contribution is -2.19. The van der Waals surface area contributed by atoms with E-state index in [2.05, 4.69) is 0 Å². The molecule has 0 unspecified atom stereocenters. The number of benzene rings is 1. The Bertz CT molecular complexity index is 576. The van der Waals surface area contributed by atoms with Crippen LogP contribution in [0.5, 0.6) is 0 Å². The van der Waals surface area contributed by atoms with Crippen LogP contribution in [0.25, 0.3) is 0 Å². The van der Waals surface area contributed by atoms with Crippen molar-refractivity contribution in [3.05, 3.63) is 45.6 Å². The lowest BCUT2D eigenvalue weighted by molar-refractivity contribution is -0.384. The first-order valence-electron chi connectivity index (χ1n) is 4.88. The number of nitro benzene ring substituents is 1. The topological polar surface area (TPSA) is 107 Å². The first-order valence-corrected chi connectivity index (χ1v) is 6.42. The molecule has 8 heteroatoms. The summed E-state index contributed by atoms with van der Waals surface area (Å²) in [4.78, 5) is 11.3. The molecule has 0 aliphatic heterocycles. The van der Waals surface area contributed by atoms with Crippen LogP contribution in [-0.4, -0.2) is 32.3 Å². The minimum Gasteiger partial charge on any atom is -0.385 e. The van der Waals surface area contributed by atoms with Gasteiger partial charge in [0.05, 0.1) is 15.2 Å². The summed E-state index contributed by atoms with van der Waals surface area (Å²) in [7, 11) is -0.482. The van der Waals surface area contributed by atoms with Gasteiger partial charge in [0.2, 0.25) is 9.84 Å². The second kappa shape index (κ2) is 5.05. The molecule has 1 aromatic carbocycles. The van der Waals surface area contributed by atoms with Gasteiger partial charge in [-0.2, -0.15) is 0 Å². The van der Waals surface area contributed by atoms with Crippen LogP contribution in [0.15, 0.2) is 40.4 Å². The first-order chi connectivity index (χ1) is 8.24. The molecule has 1 aromatic rings. The van der Waals surface area contributed by atoms with E-state index in [1.54, 1.807) is 14.1 Å². The van der Waals surface area contributed by atoms with E-state index in [-0.39, 0.29) is 16.4 Å². The van der Waals surface area contributed by atoms with Gasteiger partial charge in [-0.3, -0.25) is 10.1 Å². The van der Waals surface area contributed by atoms with Crippen LogP contribution in [0.1, 0.15) is 0 Å². The van der Waals surface area contributed by atoms with Crippen LogP contribution >= 0.6 is 0 Å². The first kappa shape index (κ1) is 14.0. The third kappa shape index (κ3) is 3.20. The average Bonchev–Trinajstić information content (AvgIpc) is 2.28. The normalized spacial score (nSPS) is 12.2. The third-order valence-electron chi connectivity index (χ3n) is 2.17. The van der Waals surface area contributed by atoms with Gasteiger partial charge in [-0.15, -0.1) is 0 Å². The van der Waals surface area contributed by atoms with Crippen molar-refractivity contribution in [1.29, 1.82) is 0 Å². The highest BCUT2D eigenvalue weighted by Gasteiger charge is 2.14. The number of nitro groups is 1. The van der Waals surface area contributed by atoms with E-state index in [9.17, 15) is 18.5 Å². The molecule has 0 fully saturated rings. The Balaban J connectivity index is 3.14. The van der Waals surface area contributed by atoms with Crippen LogP contribution in [0.2, 0.25) is 0 Å². The molecule has 0 saturated heterocycles. The van der Waals surface area contributed by atoms with Crippen LogP contribution in [0.4, 0.5) is 5.69 Å². The number of sulfone groups is 1. The van der Waals surface area contributed by atoms with E-state index in [1.165, 1.54) is 17.0 Å². The molecule has 0 atom stereocenters. The van der Waals surface area contributed by atoms with Gasteiger partial charge in [0, 0.05) is 26.2 Å². The maximum atomic E-state index is 11.9. The third-order valence-corrected chi connectivity index (χ3v) is 3.65. The molecular formula is C10H13N3O4S. The van der Waals surface area contributed by atoms with Gasteiger partial charge in [-0.25, -0.2) is 8.42 Å². The highest BCUT2D eigenvalue weighted by atomic mass is 32.2. The lowest BCUT2D eigenvalue weighted by atomic mass is 10.3. The smallest absolute Gasteiger partial charge is 0.269 e. The summed E-state index contributed by atoms with van der Waals surface area (Å²) in [5.41, 5.74) is 5.35. The summed E-state index contributed by atoms with van der Waals surface area (Å²) in [6.45, 7) is 0. The highest BCUT2D eigenvalue weighted by Crippen LogP contribution is 2.18. The number of hydrogen-bond donors (Lipinski definition) is 1. The number of hydrogen-bond acceptors (Lipinski definition) is 6. The van der Waals surface area contributed by atoms with Gasteiger partial charge in [-0.05, 0) is 12.1 Å². The molecule has 98 valence electrons. The summed E-state index contributed by atoms with van der Waals surface area (Å²) >= 11 is 0. The molecule has 0 bridgehead atoms. The quantitative estimate of drug-likeness (QED) is 0.637. The summed E-state index contributed by atoms with van der Waals surface area (Å²) in [5.74, 6) is 0.0772. The van der Waals surface area contributed by atoms with E-state index in [0.717, 1.165) is 17.5 Å². The summed E-state index contributed by atoms with van der Waals surface area (Å²) in [6, 6.07) is 4.61. The van der Waals surface area contributed by atoms with Crippen LogP contribution in [-0.2, 0) is 9.84 Å². The van der Waals surface area contributed by atoms with E-state index in [4.69, 9.17) is 5.73 Å². The maximum Gasteiger partial charge on any atom is 0.269 e. The van der Waals surface area contributed by atoms with Gasteiger partial charge in [-0.1, -0.05) is 0 Å². The molecule has 7 nitrogen and oxygen atoms in total. The predicted molar refractivity (Wildman–Crippen MR) is 66.2 cm³/mol. The predicted octanol–water partition coefficient (Wildman–Crippen LogP) is 0.688. The Hall–Kier alpha value is -2.09. The van der Waals surface area contributed by atoms with Crippen molar-refractivity contribution in [1.82, 2.24) is 4.90 Å².